The fraction of sp³-hybridized carbons (Fsp3) is 0.778. The number of carbonyl (C=O) groups is 2. The smallest absolute Gasteiger partial charge is 0.312 e. The van der Waals surface area contributed by atoms with E-state index < -0.39 is 11.8 Å². The summed E-state index contributed by atoms with van der Waals surface area (Å²) in [6.07, 6.45) is 1.95. The fourth-order valence-electron chi connectivity index (χ4n) is 1.47. The Morgan fingerprint density at radius 1 is 1.36 bits per heavy atom. The van der Waals surface area contributed by atoms with Crippen molar-refractivity contribution >= 4 is 11.8 Å². The summed E-state index contributed by atoms with van der Waals surface area (Å²) in [6.45, 7) is 1.45. The number of rotatable bonds is 2. The van der Waals surface area contributed by atoms with Crippen LogP contribution in [0.25, 0.3) is 0 Å². The normalized spacial score (nSPS) is 15.7. The summed E-state index contributed by atoms with van der Waals surface area (Å²) in [7, 11) is 1.52. The minimum atomic E-state index is -0.527. The molecule has 1 aliphatic rings. The van der Waals surface area contributed by atoms with Crippen molar-refractivity contribution in [2.24, 2.45) is 0 Å². The highest BCUT2D eigenvalue weighted by atomic mass is 16.3. The number of aliphatic hydroxyl groups excluding tert-OH is 1. The first kappa shape index (κ1) is 11.0. The van der Waals surface area contributed by atoms with Crippen molar-refractivity contribution in [2.45, 2.75) is 12.8 Å². The second-order valence-electron chi connectivity index (χ2n) is 3.45. The minimum absolute atomic E-state index is 0.116. The zero-order valence-electron chi connectivity index (χ0n) is 8.40. The van der Waals surface area contributed by atoms with E-state index in [-0.39, 0.29) is 13.2 Å². The monoisotopic (exact) mass is 200 g/mol. The summed E-state index contributed by atoms with van der Waals surface area (Å²) in [5.41, 5.74) is 0. The molecule has 1 heterocycles. The van der Waals surface area contributed by atoms with Crippen molar-refractivity contribution < 1.29 is 14.7 Å². The van der Waals surface area contributed by atoms with Gasteiger partial charge in [-0.05, 0) is 12.8 Å². The molecule has 14 heavy (non-hydrogen) atoms. The Bertz CT molecular complexity index is 224. The van der Waals surface area contributed by atoms with Crippen LogP contribution >= 0.6 is 0 Å². The third-order valence-electron chi connectivity index (χ3n) is 2.36. The molecule has 0 atom stereocenters. The molecule has 80 valence electrons. The summed E-state index contributed by atoms with van der Waals surface area (Å²) in [4.78, 5) is 25.8. The van der Waals surface area contributed by atoms with Crippen LogP contribution in [0.3, 0.4) is 0 Å². The maximum absolute atomic E-state index is 11.5. The fourth-order valence-corrected chi connectivity index (χ4v) is 1.47. The molecular weight excluding hydrogens is 184 g/mol. The van der Waals surface area contributed by atoms with Crippen LogP contribution in [0.4, 0.5) is 0 Å². The van der Waals surface area contributed by atoms with E-state index in [9.17, 15) is 9.59 Å². The van der Waals surface area contributed by atoms with Gasteiger partial charge in [0.25, 0.3) is 0 Å². The van der Waals surface area contributed by atoms with Crippen LogP contribution < -0.4 is 0 Å². The van der Waals surface area contributed by atoms with E-state index in [1.165, 1.54) is 11.9 Å². The number of nitrogens with zero attached hydrogens (tertiary/aromatic N) is 2. The number of aliphatic hydroxyl groups is 1. The lowest BCUT2D eigenvalue weighted by atomic mass is 10.4. The second kappa shape index (κ2) is 4.95. The number of amides is 2. The van der Waals surface area contributed by atoms with E-state index in [0.717, 1.165) is 12.8 Å². The largest absolute Gasteiger partial charge is 0.395 e. The molecule has 1 saturated heterocycles. The minimum Gasteiger partial charge on any atom is -0.395 e. The van der Waals surface area contributed by atoms with E-state index in [1.807, 2.05) is 0 Å². The molecule has 0 aromatic heterocycles. The van der Waals surface area contributed by atoms with Crippen molar-refractivity contribution in [1.82, 2.24) is 9.80 Å². The van der Waals surface area contributed by atoms with Crippen molar-refractivity contribution in [3.8, 4) is 0 Å². The number of hydrogen-bond donors (Lipinski definition) is 1. The molecule has 1 fully saturated rings. The molecule has 0 radical (unpaired) electrons. The molecule has 2 amide bonds. The van der Waals surface area contributed by atoms with Crippen molar-refractivity contribution in [3.05, 3.63) is 0 Å². The zero-order valence-corrected chi connectivity index (χ0v) is 8.40. The van der Waals surface area contributed by atoms with Gasteiger partial charge in [-0.2, -0.15) is 0 Å². The zero-order chi connectivity index (χ0) is 10.6. The van der Waals surface area contributed by atoms with Gasteiger partial charge < -0.3 is 14.9 Å². The third-order valence-corrected chi connectivity index (χ3v) is 2.36. The van der Waals surface area contributed by atoms with Gasteiger partial charge in [0.15, 0.2) is 0 Å². The van der Waals surface area contributed by atoms with Crippen molar-refractivity contribution in [2.75, 3.05) is 33.3 Å². The summed E-state index contributed by atoms with van der Waals surface area (Å²) in [6, 6.07) is 0. The average Bonchev–Trinajstić information content (AvgIpc) is 2.68. The predicted molar refractivity (Wildman–Crippen MR) is 50.5 cm³/mol. The highest BCUT2D eigenvalue weighted by molar-refractivity contribution is 6.34. The molecule has 0 aliphatic carbocycles. The molecule has 1 aliphatic heterocycles. The van der Waals surface area contributed by atoms with Crippen LogP contribution in [0.1, 0.15) is 12.8 Å². The quantitative estimate of drug-likeness (QED) is 0.585. The highest BCUT2D eigenvalue weighted by Crippen LogP contribution is 2.08. The summed E-state index contributed by atoms with van der Waals surface area (Å²) < 4.78 is 0. The van der Waals surface area contributed by atoms with Gasteiger partial charge in [-0.3, -0.25) is 9.59 Å². The topological polar surface area (TPSA) is 60.9 Å². The molecule has 0 unspecified atom stereocenters. The lowest BCUT2D eigenvalue weighted by Crippen LogP contribution is -2.43. The lowest BCUT2D eigenvalue weighted by Gasteiger charge is -2.19. The van der Waals surface area contributed by atoms with Crippen LogP contribution in [0.15, 0.2) is 0 Å². The standard InChI is InChI=1S/C9H16N2O3/c1-10(6-7-12)8(13)9(14)11-4-2-3-5-11/h12H,2-7H2,1H3. The van der Waals surface area contributed by atoms with Crippen LogP contribution in [-0.2, 0) is 9.59 Å². The predicted octanol–water partition coefficient (Wildman–Crippen LogP) is -0.940. The van der Waals surface area contributed by atoms with Gasteiger partial charge in [-0.15, -0.1) is 0 Å². The Kier molecular flexibility index (Phi) is 3.88. The molecule has 1 N–H and O–H groups in total. The van der Waals surface area contributed by atoms with Crippen LogP contribution in [0.5, 0.6) is 0 Å². The molecule has 0 aromatic carbocycles. The van der Waals surface area contributed by atoms with E-state index in [4.69, 9.17) is 5.11 Å². The molecule has 1 rings (SSSR count). The maximum atomic E-state index is 11.5. The van der Waals surface area contributed by atoms with Gasteiger partial charge in [0.05, 0.1) is 6.61 Å². The highest BCUT2D eigenvalue weighted by Gasteiger charge is 2.26. The number of hydrogen-bond acceptors (Lipinski definition) is 3. The molecular formula is C9H16N2O3. The number of carbonyl (C=O) groups excluding carboxylic acids is 2. The Balaban J connectivity index is 2.46. The van der Waals surface area contributed by atoms with Gasteiger partial charge in [0, 0.05) is 26.7 Å². The van der Waals surface area contributed by atoms with E-state index in [2.05, 4.69) is 0 Å². The first-order valence-electron chi connectivity index (χ1n) is 4.82. The van der Waals surface area contributed by atoms with E-state index in [0.29, 0.717) is 13.1 Å². The lowest BCUT2D eigenvalue weighted by molar-refractivity contribution is -0.150. The Labute approximate surface area is 83.3 Å². The summed E-state index contributed by atoms with van der Waals surface area (Å²) >= 11 is 0. The van der Waals surface area contributed by atoms with Gasteiger partial charge in [0.2, 0.25) is 0 Å². The van der Waals surface area contributed by atoms with Crippen LogP contribution in [0, 0.1) is 0 Å². The Hall–Kier alpha value is -1.10. The number of likely N-dealkylation sites (N-methyl/N-ethyl adjacent to an activating group) is 1. The molecule has 5 nitrogen and oxygen atoms in total. The molecule has 0 bridgehead atoms. The second-order valence-corrected chi connectivity index (χ2v) is 3.45. The maximum Gasteiger partial charge on any atom is 0.312 e. The average molecular weight is 200 g/mol. The van der Waals surface area contributed by atoms with Crippen molar-refractivity contribution in [1.29, 1.82) is 0 Å². The molecule has 5 heteroatoms. The summed E-state index contributed by atoms with van der Waals surface area (Å²) in [5, 5.41) is 8.61. The van der Waals surface area contributed by atoms with Crippen LogP contribution in [0.2, 0.25) is 0 Å². The Morgan fingerprint density at radius 3 is 2.43 bits per heavy atom. The Morgan fingerprint density at radius 2 is 1.93 bits per heavy atom. The van der Waals surface area contributed by atoms with Gasteiger partial charge >= 0.3 is 11.8 Å². The first-order chi connectivity index (χ1) is 6.66. The van der Waals surface area contributed by atoms with Gasteiger partial charge in [-0.25, -0.2) is 0 Å². The van der Waals surface area contributed by atoms with Crippen LogP contribution in [-0.4, -0.2) is 60.0 Å². The molecule has 0 spiro atoms. The van der Waals surface area contributed by atoms with E-state index >= 15 is 0 Å². The van der Waals surface area contributed by atoms with Gasteiger partial charge in [0.1, 0.15) is 0 Å². The summed E-state index contributed by atoms with van der Waals surface area (Å²) in [5.74, 6) is -0.973. The van der Waals surface area contributed by atoms with Gasteiger partial charge in [-0.1, -0.05) is 0 Å². The third kappa shape index (κ3) is 2.45. The molecule has 0 aromatic rings. The number of likely N-dealkylation sites (tertiary alicyclic amines) is 1. The van der Waals surface area contributed by atoms with Crippen molar-refractivity contribution in [3.63, 3.8) is 0 Å². The van der Waals surface area contributed by atoms with E-state index in [1.54, 1.807) is 4.90 Å². The first-order valence-corrected chi connectivity index (χ1v) is 4.82. The molecule has 0 saturated carbocycles. The SMILES string of the molecule is CN(CCO)C(=O)C(=O)N1CCCC1.